The van der Waals surface area contributed by atoms with Crippen LogP contribution in [0.5, 0.6) is 5.75 Å². The smallest absolute Gasteiger partial charge is 0.412 e. The van der Waals surface area contributed by atoms with Gasteiger partial charge < -0.3 is 19.7 Å². The van der Waals surface area contributed by atoms with Crippen LogP contribution in [0, 0.1) is 5.92 Å². The molecule has 0 bridgehead atoms. The molecule has 0 heterocycles. The van der Waals surface area contributed by atoms with Gasteiger partial charge in [-0.3, -0.25) is 5.32 Å². The predicted molar refractivity (Wildman–Crippen MR) is 107 cm³/mol. The number of anilines is 1. The summed E-state index contributed by atoms with van der Waals surface area (Å²) in [5, 5.41) is 20.8. The Morgan fingerprint density at radius 3 is 2.33 bits per heavy atom. The van der Waals surface area contributed by atoms with Crippen LogP contribution >= 0.6 is 15.9 Å². The van der Waals surface area contributed by atoms with Gasteiger partial charge in [-0.1, -0.05) is 35.0 Å². The third-order valence-electron chi connectivity index (χ3n) is 3.99. The molecule has 0 saturated heterocycles. The van der Waals surface area contributed by atoms with Crippen LogP contribution < -0.4 is 10.1 Å². The molecular formula is C20H24BrNO5. The van der Waals surface area contributed by atoms with Crippen LogP contribution in [0.4, 0.5) is 10.5 Å². The highest BCUT2D eigenvalue weighted by Crippen LogP contribution is 2.30. The standard InChI is InChI=1S/C20H24BrNO5/c1-14(10-11-23)19(15-2-8-18(9-3-15)26-13-12-24)27-20(25)22-17-6-4-16(21)5-7-17/h2-9,14,19,23-24H,10-13H2,1H3,(H,22,25)/t14-,19-/m1/s1. The minimum atomic E-state index is -0.562. The van der Waals surface area contributed by atoms with E-state index in [0.29, 0.717) is 17.9 Å². The van der Waals surface area contributed by atoms with Gasteiger partial charge in [0.25, 0.3) is 0 Å². The van der Waals surface area contributed by atoms with Gasteiger partial charge in [0.15, 0.2) is 0 Å². The summed E-state index contributed by atoms with van der Waals surface area (Å²) in [6.45, 7) is 2.09. The molecule has 0 unspecified atom stereocenters. The van der Waals surface area contributed by atoms with Crippen LogP contribution in [0.25, 0.3) is 0 Å². The Morgan fingerprint density at radius 2 is 1.74 bits per heavy atom. The largest absolute Gasteiger partial charge is 0.491 e. The van der Waals surface area contributed by atoms with Crippen LogP contribution in [0.2, 0.25) is 0 Å². The Bertz CT molecular complexity index is 705. The molecule has 0 aliphatic carbocycles. The minimum absolute atomic E-state index is 0.00700. The fourth-order valence-corrected chi connectivity index (χ4v) is 2.85. The highest BCUT2D eigenvalue weighted by molar-refractivity contribution is 9.10. The third kappa shape index (κ3) is 6.86. The van der Waals surface area contributed by atoms with Crippen molar-refractivity contribution in [3.63, 3.8) is 0 Å². The third-order valence-corrected chi connectivity index (χ3v) is 4.52. The second-order valence-electron chi connectivity index (χ2n) is 6.09. The molecule has 1 amide bonds. The SMILES string of the molecule is C[C@H](CCO)[C@@H](OC(=O)Nc1ccc(Br)cc1)c1ccc(OCCO)cc1. The van der Waals surface area contributed by atoms with Crippen LogP contribution in [0.3, 0.4) is 0 Å². The van der Waals surface area contributed by atoms with Crippen molar-refractivity contribution in [2.45, 2.75) is 19.4 Å². The molecular weight excluding hydrogens is 414 g/mol. The van der Waals surface area contributed by atoms with E-state index in [-0.39, 0.29) is 25.7 Å². The van der Waals surface area contributed by atoms with Crippen molar-refractivity contribution in [1.29, 1.82) is 0 Å². The van der Waals surface area contributed by atoms with Gasteiger partial charge in [-0.05, 0) is 54.3 Å². The lowest BCUT2D eigenvalue weighted by Crippen LogP contribution is -2.22. The Labute approximate surface area is 167 Å². The van der Waals surface area contributed by atoms with E-state index in [9.17, 15) is 9.90 Å². The molecule has 0 aliphatic rings. The van der Waals surface area contributed by atoms with Crippen molar-refractivity contribution in [3.8, 4) is 5.75 Å². The van der Waals surface area contributed by atoms with Crippen molar-refractivity contribution in [2.75, 3.05) is 25.1 Å². The first-order valence-electron chi connectivity index (χ1n) is 8.71. The fourth-order valence-electron chi connectivity index (χ4n) is 2.58. The van der Waals surface area contributed by atoms with Gasteiger partial charge >= 0.3 is 6.09 Å². The van der Waals surface area contributed by atoms with E-state index in [4.69, 9.17) is 14.6 Å². The van der Waals surface area contributed by atoms with E-state index in [1.165, 1.54) is 0 Å². The maximum absolute atomic E-state index is 12.3. The quantitative estimate of drug-likeness (QED) is 0.548. The topological polar surface area (TPSA) is 88.0 Å². The van der Waals surface area contributed by atoms with Crippen LogP contribution in [0.1, 0.15) is 25.0 Å². The monoisotopic (exact) mass is 437 g/mol. The normalized spacial score (nSPS) is 12.9. The van der Waals surface area contributed by atoms with Crippen LogP contribution in [0.15, 0.2) is 53.0 Å². The number of amides is 1. The number of nitrogens with one attached hydrogen (secondary N) is 1. The molecule has 0 radical (unpaired) electrons. The highest BCUT2D eigenvalue weighted by atomic mass is 79.9. The van der Waals surface area contributed by atoms with E-state index in [0.717, 1.165) is 10.0 Å². The molecule has 6 nitrogen and oxygen atoms in total. The van der Waals surface area contributed by atoms with Gasteiger partial charge in [0.2, 0.25) is 0 Å². The Morgan fingerprint density at radius 1 is 1.07 bits per heavy atom. The maximum atomic E-state index is 12.3. The summed E-state index contributed by atoms with van der Waals surface area (Å²) in [5.74, 6) is 0.551. The van der Waals surface area contributed by atoms with Gasteiger partial charge in [-0.25, -0.2) is 4.79 Å². The van der Waals surface area contributed by atoms with Gasteiger partial charge in [0.05, 0.1) is 6.61 Å². The second kappa shape index (κ2) is 10.9. The molecule has 2 aromatic rings. The molecule has 0 spiro atoms. The van der Waals surface area contributed by atoms with Crippen LogP contribution in [-0.2, 0) is 4.74 Å². The zero-order valence-corrected chi connectivity index (χ0v) is 16.7. The lowest BCUT2D eigenvalue weighted by molar-refractivity contribution is 0.0667. The van der Waals surface area contributed by atoms with E-state index in [2.05, 4.69) is 21.2 Å². The number of halogens is 1. The number of hydrogen-bond donors (Lipinski definition) is 3. The van der Waals surface area contributed by atoms with Crippen molar-refractivity contribution in [1.82, 2.24) is 0 Å². The van der Waals surface area contributed by atoms with Crippen molar-refractivity contribution in [3.05, 3.63) is 58.6 Å². The van der Waals surface area contributed by atoms with E-state index < -0.39 is 12.2 Å². The van der Waals surface area contributed by atoms with Crippen molar-refractivity contribution in [2.24, 2.45) is 5.92 Å². The lowest BCUT2D eigenvalue weighted by Gasteiger charge is -2.24. The second-order valence-corrected chi connectivity index (χ2v) is 7.00. The van der Waals surface area contributed by atoms with E-state index in [1.807, 2.05) is 31.2 Å². The number of benzene rings is 2. The van der Waals surface area contributed by atoms with Gasteiger partial charge in [0.1, 0.15) is 18.5 Å². The number of hydrogen-bond acceptors (Lipinski definition) is 5. The average Bonchev–Trinajstić information content (AvgIpc) is 2.67. The zero-order chi connectivity index (χ0) is 19.6. The molecule has 2 aromatic carbocycles. The van der Waals surface area contributed by atoms with Crippen molar-refractivity contribution >= 4 is 27.7 Å². The van der Waals surface area contributed by atoms with Gasteiger partial charge in [0, 0.05) is 16.8 Å². The minimum Gasteiger partial charge on any atom is -0.491 e. The summed E-state index contributed by atoms with van der Waals surface area (Å²) in [6, 6.07) is 14.4. The Balaban J connectivity index is 2.08. The number of ether oxygens (including phenoxy) is 2. The number of aliphatic hydroxyl groups is 2. The van der Waals surface area contributed by atoms with Crippen LogP contribution in [-0.4, -0.2) is 36.1 Å². The maximum Gasteiger partial charge on any atom is 0.412 e. The molecule has 0 saturated carbocycles. The molecule has 0 aliphatic heterocycles. The molecule has 27 heavy (non-hydrogen) atoms. The first-order valence-corrected chi connectivity index (χ1v) is 9.50. The Kier molecular flexibility index (Phi) is 8.57. The first kappa shape index (κ1) is 21.2. The summed E-state index contributed by atoms with van der Waals surface area (Å²) >= 11 is 3.35. The zero-order valence-electron chi connectivity index (χ0n) is 15.1. The summed E-state index contributed by atoms with van der Waals surface area (Å²) in [6.07, 6.45) is -0.578. The molecule has 3 N–H and O–H groups in total. The summed E-state index contributed by atoms with van der Waals surface area (Å²) < 4.78 is 11.9. The number of carbonyl (C=O) groups excluding carboxylic acids is 1. The lowest BCUT2D eigenvalue weighted by atomic mass is 9.94. The molecule has 0 aromatic heterocycles. The molecule has 7 heteroatoms. The number of rotatable bonds is 9. The molecule has 146 valence electrons. The molecule has 2 atom stereocenters. The fraction of sp³-hybridized carbons (Fsp3) is 0.350. The average molecular weight is 438 g/mol. The van der Waals surface area contributed by atoms with Gasteiger partial charge in [-0.15, -0.1) is 0 Å². The van der Waals surface area contributed by atoms with Gasteiger partial charge in [-0.2, -0.15) is 0 Å². The van der Waals surface area contributed by atoms with Crippen molar-refractivity contribution < 1.29 is 24.5 Å². The first-order chi connectivity index (χ1) is 13.0. The van der Waals surface area contributed by atoms with E-state index >= 15 is 0 Å². The summed E-state index contributed by atoms with van der Waals surface area (Å²) in [4.78, 5) is 12.3. The summed E-state index contributed by atoms with van der Waals surface area (Å²) in [5.41, 5.74) is 1.43. The number of aliphatic hydroxyl groups excluding tert-OH is 2. The van der Waals surface area contributed by atoms with E-state index in [1.54, 1.807) is 24.3 Å². The Hall–Kier alpha value is -2.09. The summed E-state index contributed by atoms with van der Waals surface area (Å²) in [7, 11) is 0. The number of carbonyl (C=O) groups is 1. The molecule has 0 fully saturated rings. The molecule has 2 rings (SSSR count). The predicted octanol–water partition coefficient (Wildman–Crippen LogP) is 4.13. The highest BCUT2D eigenvalue weighted by Gasteiger charge is 2.23.